The van der Waals surface area contributed by atoms with Crippen molar-refractivity contribution in [1.82, 2.24) is 4.98 Å². The van der Waals surface area contributed by atoms with Crippen molar-refractivity contribution in [3.05, 3.63) is 49.9 Å². The average molecular weight is 326 g/mol. The van der Waals surface area contributed by atoms with E-state index in [1.807, 2.05) is 31.2 Å². The molecule has 2 rings (SSSR count). The van der Waals surface area contributed by atoms with Gasteiger partial charge in [-0.15, -0.1) is 11.3 Å². The third-order valence-electron chi connectivity index (χ3n) is 2.51. The molecule has 0 unspecified atom stereocenters. The Hall–Kier alpha value is -1.20. The van der Waals surface area contributed by atoms with Gasteiger partial charge in [0.25, 0.3) is 0 Å². The maximum atomic E-state index is 11.5. The van der Waals surface area contributed by atoms with Gasteiger partial charge in [-0.25, -0.2) is 9.78 Å². The number of aryl methyl sites for hydroxylation is 1. The number of hydrogen-bond acceptors (Lipinski definition) is 4. The minimum Gasteiger partial charge on any atom is -0.465 e. The van der Waals surface area contributed by atoms with E-state index in [1.165, 1.54) is 18.4 Å². The molecule has 1 heterocycles. The lowest BCUT2D eigenvalue weighted by Crippen LogP contribution is -1.99. The van der Waals surface area contributed by atoms with Crippen LogP contribution in [0, 0.1) is 6.92 Å². The molecule has 0 radical (unpaired) electrons. The third-order valence-corrected chi connectivity index (χ3v) is 4.42. The lowest BCUT2D eigenvalue weighted by Gasteiger charge is -2.00. The average Bonchev–Trinajstić information content (AvgIpc) is 2.72. The first kappa shape index (κ1) is 13.2. The molecule has 5 heteroatoms. The molecular formula is C13H12BrNO2S. The van der Waals surface area contributed by atoms with Gasteiger partial charge in [0.15, 0.2) is 0 Å². The summed E-state index contributed by atoms with van der Waals surface area (Å²) in [7, 11) is 1.38. The fourth-order valence-electron chi connectivity index (χ4n) is 1.61. The Labute approximate surface area is 118 Å². The van der Waals surface area contributed by atoms with Crippen LogP contribution in [-0.2, 0) is 11.2 Å². The Bertz CT molecular complexity index is 580. The molecule has 0 N–H and O–H groups in total. The van der Waals surface area contributed by atoms with Crippen molar-refractivity contribution in [3.8, 4) is 0 Å². The molecule has 1 aromatic heterocycles. The Kier molecular flexibility index (Phi) is 4.14. The van der Waals surface area contributed by atoms with Crippen molar-refractivity contribution >= 4 is 33.2 Å². The SMILES string of the molecule is COC(=O)c1sc(Cc2ccccc2Br)nc1C. The molecule has 0 aliphatic rings. The minimum atomic E-state index is -0.316. The van der Waals surface area contributed by atoms with Gasteiger partial charge >= 0.3 is 5.97 Å². The van der Waals surface area contributed by atoms with Crippen LogP contribution in [0.4, 0.5) is 0 Å². The van der Waals surface area contributed by atoms with Gasteiger partial charge in [0, 0.05) is 10.9 Å². The summed E-state index contributed by atoms with van der Waals surface area (Å²) in [5, 5.41) is 0.916. The van der Waals surface area contributed by atoms with Crippen LogP contribution >= 0.6 is 27.3 Å². The van der Waals surface area contributed by atoms with Crippen LogP contribution in [0.15, 0.2) is 28.7 Å². The molecule has 0 fully saturated rings. The monoisotopic (exact) mass is 325 g/mol. The van der Waals surface area contributed by atoms with E-state index >= 15 is 0 Å². The first-order valence-corrected chi connectivity index (χ1v) is 7.00. The van der Waals surface area contributed by atoms with Crippen molar-refractivity contribution < 1.29 is 9.53 Å². The van der Waals surface area contributed by atoms with Crippen LogP contribution in [0.5, 0.6) is 0 Å². The van der Waals surface area contributed by atoms with E-state index in [2.05, 4.69) is 20.9 Å². The van der Waals surface area contributed by atoms with E-state index < -0.39 is 0 Å². The Morgan fingerprint density at radius 2 is 2.17 bits per heavy atom. The number of thiazole rings is 1. The maximum absolute atomic E-state index is 11.5. The number of halogens is 1. The number of methoxy groups -OCH3 is 1. The molecule has 0 atom stereocenters. The van der Waals surface area contributed by atoms with E-state index in [0.29, 0.717) is 11.3 Å². The highest BCUT2D eigenvalue weighted by molar-refractivity contribution is 9.10. The van der Waals surface area contributed by atoms with E-state index in [-0.39, 0.29) is 5.97 Å². The minimum absolute atomic E-state index is 0.316. The first-order valence-electron chi connectivity index (χ1n) is 5.40. The third kappa shape index (κ3) is 2.79. The largest absolute Gasteiger partial charge is 0.465 e. The fraction of sp³-hybridized carbons (Fsp3) is 0.231. The van der Waals surface area contributed by atoms with Crippen molar-refractivity contribution in [3.63, 3.8) is 0 Å². The zero-order chi connectivity index (χ0) is 13.1. The molecule has 0 amide bonds. The summed E-state index contributed by atoms with van der Waals surface area (Å²) in [4.78, 5) is 16.5. The molecule has 0 spiro atoms. The Morgan fingerprint density at radius 3 is 2.83 bits per heavy atom. The summed E-state index contributed by atoms with van der Waals surface area (Å²) in [5.74, 6) is -0.316. The van der Waals surface area contributed by atoms with Gasteiger partial charge in [0.1, 0.15) is 4.88 Å². The molecule has 2 aromatic rings. The fourth-order valence-corrected chi connectivity index (χ4v) is 3.05. The number of carbonyl (C=O) groups excluding carboxylic acids is 1. The Balaban J connectivity index is 2.26. The lowest BCUT2D eigenvalue weighted by atomic mass is 10.2. The summed E-state index contributed by atoms with van der Waals surface area (Å²) in [6.07, 6.45) is 0.712. The molecule has 0 saturated carbocycles. The summed E-state index contributed by atoms with van der Waals surface area (Å²) in [6, 6.07) is 8.00. The van der Waals surface area contributed by atoms with Crippen molar-refractivity contribution in [2.75, 3.05) is 7.11 Å². The predicted molar refractivity (Wildman–Crippen MR) is 75.1 cm³/mol. The zero-order valence-corrected chi connectivity index (χ0v) is 12.5. The highest BCUT2D eigenvalue weighted by Gasteiger charge is 2.16. The van der Waals surface area contributed by atoms with Gasteiger partial charge in [-0.3, -0.25) is 0 Å². The quantitative estimate of drug-likeness (QED) is 0.809. The molecule has 0 aliphatic carbocycles. The van der Waals surface area contributed by atoms with Crippen LogP contribution in [0.3, 0.4) is 0 Å². The van der Waals surface area contributed by atoms with Gasteiger partial charge in [-0.2, -0.15) is 0 Å². The smallest absolute Gasteiger partial charge is 0.349 e. The summed E-state index contributed by atoms with van der Waals surface area (Å²) < 4.78 is 5.78. The molecule has 0 saturated heterocycles. The summed E-state index contributed by atoms with van der Waals surface area (Å²) >= 11 is 4.90. The van der Waals surface area contributed by atoms with E-state index in [4.69, 9.17) is 4.74 Å². The van der Waals surface area contributed by atoms with Crippen molar-refractivity contribution in [2.45, 2.75) is 13.3 Å². The standard InChI is InChI=1S/C13H12BrNO2S/c1-8-12(13(16)17-2)18-11(15-8)7-9-5-3-4-6-10(9)14/h3-6H,7H2,1-2H3. The molecule has 0 aliphatic heterocycles. The Morgan fingerprint density at radius 1 is 1.44 bits per heavy atom. The zero-order valence-electron chi connectivity index (χ0n) is 10.1. The molecule has 94 valence electrons. The van der Waals surface area contributed by atoms with Crippen LogP contribution in [0.1, 0.15) is 25.9 Å². The van der Waals surface area contributed by atoms with Crippen LogP contribution in [0.2, 0.25) is 0 Å². The van der Waals surface area contributed by atoms with E-state index in [1.54, 1.807) is 0 Å². The number of benzene rings is 1. The van der Waals surface area contributed by atoms with Crippen molar-refractivity contribution in [1.29, 1.82) is 0 Å². The molecule has 3 nitrogen and oxygen atoms in total. The number of ether oxygens (including phenoxy) is 1. The van der Waals surface area contributed by atoms with Gasteiger partial charge in [0.2, 0.25) is 0 Å². The summed E-state index contributed by atoms with van der Waals surface area (Å²) in [6.45, 7) is 1.83. The van der Waals surface area contributed by atoms with Gasteiger partial charge in [-0.05, 0) is 18.6 Å². The van der Waals surface area contributed by atoms with E-state index in [0.717, 1.165) is 20.7 Å². The second-order valence-corrected chi connectivity index (χ2v) is 5.72. The van der Waals surface area contributed by atoms with E-state index in [9.17, 15) is 4.79 Å². The molecule has 1 aromatic carbocycles. The number of carbonyl (C=O) groups is 1. The predicted octanol–water partition coefficient (Wildman–Crippen LogP) is 3.59. The molecular weight excluding hydrogens is 314 g/mol. The number of nitrogens with zero attached hydrogens (tertiary/aromatic N) is 1. The van der Waals surface area contributed by atoms with Crippen LogP contribution in [0.25, 0.3) is 0 Å². The molecule has 18 heavy (non-hydrogen) atoms. The van der Waals surface area contributed by atoms with Gasteiger partial charge in [-0.1, -0.05) is 34.1 Å². The highest BCUT2D eigenvalue weighted by atomic mass is 79.9. The molecule has 0 bridgehead atoms. The van der Waals surface area contributed by atoms with Crippen LogP contribution < -0.4 is 0 Å². The second-order valence-electron chi connectivity index (χ2n) is 3.78. The first-order chi connectivity index (χ1) is 8.61. The summed E-state index contributed by atoms with van der Waals surface area (Å²) in [5.41, 5.74) is 1.89. The highest BCUT2D eigenvalue weighted by Crippen LogP contribution is 2.24. The number of esters is 1. The van der Waals surface area contributed by atoms with Gasteiger partial charge in [0.05, 0.1) is 17.8 Å². The van der Waals surface area contributed by atoms with Gasteiger partial charge < -0.3 is 4.74 Å². The number of hydrogen-bond donors (Lipinski definition) is 0. The topological polar surface area (TPSA) is 39.2 Å². The second kappa shape index (κ2) is 5.63. The van der Waals surface area contributed by atoms with Crippen LogP contribution in [-0.4, -0.2) is 18.1 Å². The van der Waals surface area contributed by atoms with Crippen molar-refractivity contribution in [2.24, 2.45) is 0 Å². The number of rotatable bonds is 3. The maximum Gasteiger partial charge on any atom is 0.349 e. The lowest BCUT2D eigenvalue weighted by molar-refractivity contribution is 0.0605. The number of aromatic nitrogens is 1. The normalized spacial score (nSPS) is 10.4.